The van der Waals surface area contributed by atoms with Crippen molar-refractivity contribution in [3.05, 3.63) is 75.8 Å². The highest BCUT2D eigenvalue weighted by molar-refractivity contribution is 5.60. The molecule has 1 N–H and O–H groups in total. The minimum atomic E-state index is -0.362. The molecule has 11 heteroatoms. The molecule has 1 fully saturated rings. The van der Waals surface area contributed by atoms with Crippen LogP contribution in [-0.2, 0) is 4.74 Å². The van der Waals surface area contributed by atoms with E-state index in [0.29, 0.717) is 34.4 Å². The highest BCUT2D eigenvalue weighted by atomic mass is 16.5. The molecule has 5 rings (SSSR count). The smallest absolute Gasteiger partial charge is 0.266 e. The van der Waals surface area contributed by atoms with Gasteiger partial charge in [0, 0.05) is 24.2 Å². The first-order valence-electron chi connectivity index (χ1n) is 12.5. The number of aromatic nitrogens is 8. The Labute approximate surface area is 219 Å². The molecule has 4 aromatic rings. The summed E-state index contributed by atoms with van der Waals surface area (Å²) in [6.45, 7) is 9.88. The third kappa shape index (κ3) is 5.05. The maximum atomic E-state index is 13.3. The Bertz CT molecular complexity index is 1660. The van der Waals surface area contributed by atoms with E-state index in [4.69, 9.17) is 4.74 Å². The first kappa shape index (κ1) is 25.3. The summed E-state index contributed by atoms with van der Waals surface area (Å²) in [5.41, 5.74) is 2.03. The zero-order valence-corrected chi connectivity index (χ0v) is 21.7. The molecule has 0 atom stereocenters. The minimum absolute atomic E-state index is 0.0919. The van der Waals surface area contributed by atoms with Crippen LogP contribution in [0.25, 0.3) is 35.7 Å². The number of aliphatic hydroxyl groups excluding tert-OH is 1. The Morgan fingerprint density at radius 3 is 2.79 bits per heavy atom. The normalized spacial score (nSPS) is 14.7. The van der Waals surface area contributed by atoms with Crippen molar-refractivity contribution in [3.63, 3.8) is 0 Å². The Morgan fingerprint density at radius 1 is 1.24 bits per heavy atom. The third-order valence-electron chi connectivity index (χ3n) is 6.40. The fourth-order valence-electron chi connectivity index (χ4n) is 4.05. The van der Waals surface area contributed by atoms with Crippen molar-refractivity contribution in [3.8, 4) is 17.3 Å². The zero-order chi connectivity index (χ0) is 26.8. The molecule has 196 valence electrons. The number of pyridine rings is 1. The van der Waals surface area contributed by atoms with Gasteiger partial charge in [0.2, 0.25) is 0 Å². The molecular weight excluding hydrogens is 484 g/mol. The summed E-state index contributed by atoms with van der Waals surface area (Å²) in [5, 5.41) is 18.1. The lowest BCUT2D eigenvalue weighted by molar-refractivity contribution is 0.155. The molecule has 0 radical (unpaired) electrons. The molecule has 0 unspecified atom stereocenters. The molecule has 0 spiro atoms. The van der Waals surface area contributed by atoms with E-state index in [2.05, 4.69) is 31.7 Å². The van der Waals surface area contributed by atoms with Crippen molar-refractivity contribution in [2.45, 2.75) is 45.6 Å². The second kappa shape index (κ2) is 10.5. The van der Waals surface area contributed by atoms with Crippen LogP contribution >= 0.6 is 0 Å². The summed E-state index contributed by atoms with van der Waals surface area (Å²) >= 11 is 0. The maximum absolute atomic E-state index is 13.3. The molecule has 38 heavy (non-hydrogen) atoms. The number of nitrogens with zero attached hydrogens (tertiary/aromatic N) is 8. The van der Waals surface area contributed by atoms with Gasteiger partial charge in [-0.25, -0.2) is 15.0 Å². The minimum Gasteiger partial charge on any atom is -0.489 e. The lowest BCUT2D eigenvalue weighted by atomic mass is 10.3. The monoisotopic (exact) mass is 514 g/mol. The molecule has 1 aliphatic rings. The van der Waals surface area contributed by atoms with E-state index in [1.165, 1.54) is 10.9 Å². The van der Waals surface area contributed by atoms with Crippen LogP contribution in [0.2, 0.25) is 0 Å². The molecule has 4 aromatic heterocycles. The summed E-state index contributed by atoms with van der Waals surface area (Å²) in [6.07, 6.45) is 10.8. The summed E-state index contributed by atoms with van der Waals surface area (Å²) in [6, 6.07) is 5.50. The van der Waals surface area contributed by atoms with Crippen LogP contribution in [0.4, 0.5) is 0 Å². The standard InChI is InChI=1S/C27H30N8O3/c1-17(2)34-16-30-32-26(34)21-6-5-7-25(31-21)35-15-29-22(18(3)27(35)37)12-24(38-11-10-36)19(4)33-13-23(28-14-33)20-8-9-20/h5-7,12-17,20,36H,3,8-11H2,1-2,4H3/b22-12+,24-19-. The lowest BCUT2D eigenvalue weighted by Gasteiger charge is -2.11. The number of rotatable bonds is 9. The van der Waals surface area contributed by atoms with E-state index >= 15 is 0 Å². The van der Waals surface area contributed by atoms with Gasteiger partial charge in [-0.2, -0.15) is 0 Å². The average molecular weight is 515 g/mol. The van der Waals surface area contributed by atoms with Crippen molar-refractivity contribution in [2.24, 2.45) is 0 Å². The molecule has 0 amide bonds. The summed E-state index contributed by atoms with van der Waals surface area (Å²) in [7, 11) is 0. The lowest BCUT2D eigenvalue weighted by Crippen LogP contribution is -2.45. The Kier molecular flexibility index (Phi) is 7.01. The van der Waals surface area contributed by atoms with Gasteiger partial charge in [-0.15, -0.1) is 10.2 Å². The van der Waals surface area contributed by atoms with Gasteiger partial charge in [0.15, 0.2) is 5.82 Å². The van der Waals surface area contributed by atoms with Crippen molar-refractivity contribution in [1.29, 1.82) is 0 Å². The summed E-state index contributed by atoms with van der Waals surface area (Å²) < 4.78 is 11.0. The molecule has 1 saturated carbocycles. The van der Waals surface area contributed by atoms with E-state index in [1.54, 1.807) is 30.9 Å². The van der Waals surface area contributed by atoms with Crippen LogP contribution in [0.5, 0.6) is 0 Å². The second-order valence-electron chi connectivity index (χ2n) is 9.47. The molecule has 0 aromatic carbocycles. The highest BCUT2D eigenvalue weighted by Crippen LogP contribution is 2.39. The van der Waals surface area contributed by atoms with Gasteiger partial charge < -0.3 is 19.0 Å². The van der Waals surface area contributed by atoms with Gasteiger partial charge in [0.1, 0.15) is 36.5 Å². The number of hydrogen-bond donors (Lipinski definition) is 1. The fourth-order valence-corrected chi connectivity index (χ4v) is 4.05. The van der Waals surface area contributed by atoms with Gasteiger partial charge in [-0.3, -0.25) is 9.36 Å². The summed E-state index contributed by atoms with van der Waals surface area (Å²) in [5.74, 6) is 1.98. The van der Waals surface area contributed by atoms with Crippen molar-refractivity contribution in [1.82, 2.24) is 38.9 Å². The molecule has 0 bridgehead atoms. The predicted molar refractivity (Wildman–Crippen MR) is 142 cm³/mol. The largest absolute Gasteiger partial charge is 0.489 e. The van der Waals surface area contributed by atoms with E-state index in [0.717, 1.165) is 24.2 Å². The number of hydrogen-bond acceptors (Lipinski definition) is 8. The second-order valence-corrected chi connectivity index (χ2v) is 9.47. The fraction of sp³-hybridized carbons (Fsp3) is 0.333. The van der Waals surface area contributed by atoms with Crippen LogP contribution in [0.15, 0.2) is 53.9 Å². The Balaban J connectivity index is 1.54. The van der Waals surface area contributed by atoms with Gasteiger partial charge in [0.25, 0.3) is 5.56 Å². The van der Waals surface area contributed by atoms with Crippen molar-refractivity contribution in [2.75, 3.05) is 13.2 Å². The van der Waals surface area contributed by atoms with Crippen LogP contribution < -0.4 is 16.1 Å². The number of aliphatic hydroxyl groups is 1. The van der Waals surface area contributed by atoms with Crippen LogP contribution in [0, 0.1) is 0 Å². The first-order valence-corrected chi connectivity index (χ1v) is 12.5. The number of ether oxygens (including phenoxy) is 1. The van der Waals surface area contributed by atoms with E-state index in [-0.39, 0.29) is 30.0 Å². The maximum Gasteiger partial charge on any atom is 0.266 e. The van der Waals surface area contributed by atoms with Crippen LogP contribution in [-0.4, -0.2) is 57.2 Å². The molecule has 11 nitrogen and oxygen atoms in total. The topological polar surface area (TPSA) is 126 Å². The van der Waals surface area contributed by atoms with Gasteiger partial charge in [-0.05, 0) is 45.7 Å². The first-order chi connectivity index (χ1) is 18.4. The quantitative estimate of drug-likeness (QED) is 0.334. The third-order valence-corrected chi connectivity index (χ3v) is 6.40. The van der Waals surface area contributed by atoms with E-state index < -0.39 is 0 Å². The van der Waals surface area contributed by atoms with Gasteiger partial charge >= 0.3 is 0 Å². The molecule has 1 aliphatic carbocycles. The predicted octanol–water partition coefficient (Wildman–Crippen LogP) is 1.63. The zero-order valence-electron chi connectivity index (χ0n) is 21.7. The van der Waals surface area contributed by atoms with Crippen LogP contribution in [0.1, 0.15) is 51.3 Å². The van der Waals surface area contributed by atoms with Gasteiger partial charge in [0.05, 0.1) is 34.9 Å². The Hall–Kier alpha value is -4.38. The van der Waals surface area contributed by atoms with Crippen LogP contribution in [0.3, 0.4) is 0 Å². The van der Waals surface area contributed by atoms with Gasteiger partial charge in [-0.1, -0.05) is 12.6 Å². The number of allylic oxidation sites excluding steroid dienone is 2. The molecule has 4 heterocycles. The molecular formula is C27H30N8O3. The highest BCUT2D eigenvalue weighted by Gasteiger charge is 2.26. The molecule has 0 saturated heterocycles. The van der Waals surface area contributed by atoms with Crippen molar-refractivity contribution < 1.29 is 9.84 Å². The number of imidazole rings is 1. The van der Waals surface area contributed by atoms with E-state index in [1.807, 2.05) is 42.2 Å². The SMILES string of the molecule is C=c1c(=O)n(-c2cccc(-c3nncn3C(C)C)n2)cn/c1=C/C(OCCO)=C(\C)n1cnc(C2CC2)c1. The summed E-state index contributed by atoms with van der Waals surface area (Å²) in [4.78, 5) is 27.0. The Morgan fingerprint density at radius 2 is 2.05 bits per heavy atom. The average Bonchev–Trinajstić information content (AvgIpc) is 3.43. The van der Waals surface area contributed by atoms with E-state index in [9.17, 15) is 9.90 Å². The van der Waals surface area contributed by atoms with Crippen molar-refractivity contribution >= 4 is 18.4 Å². The molecule has 0 aliphatic heterocycles.